The number of halogens is 4. The maximum atomic E-state index is 13.6. The summed E-state index contributed by atoms with van der Waals surface area (Å²) in [5, 5.41) is 43.9. The third-order valence-corrected chi connectivity index (χ3v) is 14.3. The number of aliphatic hydroxyl groups is 3. The molecule has 32 heteroatoms. The van der Waals surface area contributed by atoms with E-state index in [0.717, 1.165) is 38.8 Å². The first-order valence-electron chi connectivity index (χ1n) is 26.1. The number of esters is 1. The van der Waals surface area contributed by atoms with Crippen molar-refractivity contribution in [3.63, 3.8) is 0 Å². The molecule has 5 atom stereocenters. The van der Waals surface area contributed by atoms with E-state index in [0.29, 0.717) is 121 Å². The van der Waals surface area contributed by atoms with Crippen molar-refractivity contribution in [2.45, 2.75) is 81.7 Å². The highest BCUT2D eigenvalue weighted by Gasteiger charge is 2.48. The van der Waals surface area contributed by atoms with Gasteiger partial charge < -0.3 is 86.8 Å². The number of anilines is 1. The molecule has 5 heterocycles. The fourth-order valence-electron chi connectivity index (χ4n) is 8.93. The number of fused-ring (bicyclic) bond motifs is 1. The van der Waals surface area contributed by atoms with Crippen LogP contribution in [0.4, 0.5) is 19.0 Å². The third kappa shape index (κ3) is 19.2. The van der Waals surface area contributed by atoms with Crippen LogP contribution in [0.15, 0.2) is 24.5 Å². The van der Waals surface area contributed by atoms with E-state index in [1.165, 1.54) is 10.9 Å². The minimum Gasteiger partial charge on any atom is -0.420 e. The second-order valence-electron chi connectivity index (χ2n) is 18.9. The van der Waals surface area contributed by atoms with E-state index < -0.39 is 80.4 Å². The Morgan fingerprint density at radius 3 is 1.98 bits per heavy atom. The average molecular weight is 1190 g/mol. The SMILES string of the molecule is O=C(CCOCCOCCOCCOCCn1cc(COCCOCCOCCOCCOC2CCC3(CC2)CN(c2nc(Cl)nc4c2cnn4[C@@H]2O[C@H](COC(CO)P(=O)(O)O)[C@@H](O)[C@H]2O)C3)nn1)Oc1c(F)cc(F)cc1F. The molecule has 0 bridgehead atoms. The predicted molar refractivity (Wildman–Crippen MR) is 270 cm³/mol. The molecular weight excluding hydrogens is 1120 g/mol. The Hall–Kier alpha value is -4.15. The lowest BCUT2D eigenvalue weighted by atomic mass is 9.68. The molecule has 80 heavy (non-hydrogen) atoms. The highest BCUT2D eigenvalue weighted by molar-refractivity contribution is 7.52. The number of benzene rings is 1. The lowest BCUT2D eigenvalue weighted by Gasteiger charge is -2.54. The van der Waals surface area contributed by atoms with Crippen LogP contribution in [0.25, 0.3) is 11.0 Å². The van der Waals surface area contributed by atoms with Gasteiger partial charge in [0.05, 0.1) is 162 Å². The fraction of sp³-hybridized carbons (Fsp3) is 0.708. The molecule has 3 fully saturated rings. The number of aromatic nitrogens is 7. The smallest absolute Gasteiger partial charge is 0.356 e. The van der Waals surface area contributed by atoms with Crippen molar-refractivity contribution in [3.8, 4) is 5.75 Å². The molecule has 5 N–H and O–H groups in total. The Kier molecular flexibility index (Phi) is 25.4. The summed E-state index contributed by atoms with van der Waals surface area (Å²) in [6.45, 7) is 6.35. The summed E-state index contributed by atoms with van der Waals surface area (Å²) in [4.78, 5) is 41.4. The van der Waals surface area contributed by atoms with E-state index in [4.69, 9.17) is 63.7 Å². The topological polar surface area (TPSA) is 324 Å². The Morgan fingerprint density at radius 2 is 1.38 bits per heavy atom. The Bertz CT molecular complexity index is 2540. The number of rotatable bonds is 38. The number of carbonyl (C=O) groups is 1. The molecule has 1 unspecified atom stereocenters. The first kappa shape index (κ1) is 63.4. The van der Waals surface area contributed by atoms with Gasteiger partial charge in [-0.15, -0.1) is 5.10 Å². The molecule has 1 spiro atoms. The summed E-state index contributed by atoms with van der Waals surface area (Å²) in [5.74, 6) is -6.87. The van der Waals surface area contributed by atoms with Gasteiger partial charge in [0.2, 0.25) is 11.0 Å². The number of ether oxygens (including phenoxy) is 12. The van der Waals surface area contributed by atoms with E-state index in [2.05, 4.69) is 35.0 Å². The molecule has 3 aliphatic rings. The predicted octanol–water partition coefficient (Wildman–Crippen LogP) is 1.71. The van der Waals surface area contributed by atoms with Crippen molar-refractivity contribution in [1.82, 2.24) is 34.7 Å². The van der Waals surface area contributed by atoms with Crippen molar-refractivity contribution >= 4 is 42.0 Å². The lowest BCUT2D eigenvalue weighted by molar-refractivity contribution is -0.136. The summed E-state index contributed by atoms with van der Waals surface area (Å²) in [7, 11) is -4.79. The molecule has 2 aliphatic heterocycles. The molecule has 1 aliphatic carbocycles. The monoisotopic (exact) mass is 1180 g/mol. The van der Waals surface area contributed by atoms with Gasteiger partial charge in [-0.05, 0) is 37.3 Å². The Morgan fingerprint density at radius 1 is 0.800 bits per heavy atom. The molecule has 3 aromatic heterocycles. The van der Waals surface area contributed by atoms with E-state index in [-0.39, 0.29) is 55.3 Å². The summed E-state index contributed by atoms with van der Waals surface area (Å²) < 4.78 is 121. The zero-order valence-electron chi connectivity index (χ0n) is 43.9. The van der Waals surface area contributed by atoms with Gasteiger partial charge in [-0.25, -0.2) is 22.5 Å². The van der Waals surface area contributed by atoms with Crippen LogP contribution in [0.3, 0.4) is 0 Å². The van der Waals surface area contributed by atoms with E-state index in [1.54, 1.807) is 10.9 Å². The van der Waals surface area contributed by atoms with Crippen LogP contribution >= 0.6 is 19.2 Å². The van der Waals surface area contributed by atoms with Gasteiger partial charge in [-0.3, -0.25) is 9.36 Å². The molecule has 448 valence electrons. The molecule has 4 aromatic rings. The van der Waals surface area contributed by atoms with Crippen LogP contribution < -0.4 is 9.64 Å². The van der Waals surface area contributed by atoms with Crippen LogP contribution in [-0.4, -0.2) is 228 Å². The highest BCUT2D eigenvalue weighted by Crippen LogP contribution is 2.47. The maximum Gasteiger partial charge on any atom is 0.356 e. The first-order chi connectivity index (χ1) is 38.6. The summed E-state index contributed by atoms with van der Waals surface area (Å²) in [6, 6.07) is 0.836. The van der Waals surface area contributed by atoms with Gasteiger partial charge in [0.25, 0.3) is 0 Å². The number of carbonyl (C=O) groups excluding carboxylic acids is 1. The summed E-state index contributed by atoms with van der Waals surface area (Å²) >= 11 is 6.38. The second kappa shape index (κ2) is 32.1. The van der Waals surface area contributed by atoms with Crippen LogP contribution in [0, 0.1) is 22.9 Å². The molecule has 0 radical (unpaired) electrons. The maximum absolute atomic E-state index is 13.6. The molecule has 7 rings (SSSR count). The van der Waals surface area contributed by atoms with Gasteiger partial charge in [0.1, 0.15) is 35.6 Å². The summed E-state index contributed by atoms with van der Waals surface area (Å²) in [6.07, 6.45) is 1.55. The van der Waals surface area contributed by atoms with Crippen molar-refractivity contribution < 1.29 is 104 Å². The Labute approximate surface area is 462 Å². The molecular formula is C48H69ClF3N8O19P. The van der Waals surface area contributed by atoms with Gasteiger partial charge in [0, 0.05) is 30.6 Å². The normalized spacial score (nSPS) is 19.8. The number of hydrogen-bond donors (Lipinski definition) is 5. The van der Waals surface area contributed by atoms with E-state index in [1.807, 2.05) is 0 Å². The van der Waals surface area contributed by atoms with E-state index >= 15 is 0 Å². The molecule has 1 aromatic carbocycles. The van der Waals surface area contributed by atoms with Crippen LogP contribution in [0.1, 0.15) is 44.0 Å². The molecule has 0 amide bonds. The fourth-order valence-corrected chi connectivity index (χ4v) is 9.59. The zero-order chi connectivity index (χ0) is 56.9. The molecule has 2 saturated heterocycles. The number of hydrogen-bond acceptors (Lipinski definition) is 23. The largest absolute Gasteiger partial charge is 0.420 e. The lowest BCUT2D eigenvalue weighted by Crippen LogP contribution is -2.58. The van der Waals surface area contributed by atoms with Crippen molar-refractivity contribution in [2.24, 2.45) is 5.41 Å². The summed E-state index contributed by atoms with van der Waals surface area (Å²) in [5.41, 5.74) is 1.04. The molecule has 1 saturated carbocycles. The number of nitrogens with zero attached hydrogens (tertiary/aromatic N) is 8. The minimum absolute atomic E-state index is 0.0475. The quantitative estimate of drug-likeness (QED) is 0.0140. The number of aliphatic hydroxyl groups excluding tert-OH is 3. The van der Waals surface area contributed by atoms with Crippen LogP contribution in [0.5, 0.6) is 5.75 Å². The van der Waals surface area contributed by atoms with Crippen LogP contribution in [0.2, 0.25) is 5.28 Å². The van der Waals surface area contributed by atoms with Crippen molar-refractivity contribution in [3.05, 3.63) is 53.0 Å². The first-order valence-corrected chi connectivity index (χ1v) is 28.1. The van der Waals surface area contributed by atoms with Gasteiger partial charge in [-0.1, -0.05) is 5.21 Å². The van der Waals surface area contributed by atoms with Crippen molar-refractivity contribution in [2.75, 3.05) is 137 Å². The van der Waals surface area contributed by atoms with Gasteiger partial charge in [0.15, 0.2) is 29.4 Å². The average Bonchev–Trinajstić information content (AvgIpc) is 4.31. The molecule has 27 nitrogen and oxygen atoms in total. The van der Waals surface area contributed by atoms with E-state index in [9.17, 15) is 47.6 Å². The standard InChI is InChI=1S/C48H69ClF3N8O19P/c49-47-54-44(35-25-53-60(45(35)55-47)46-42(64)41(63)38(78-46)29-77-40(27-61)80(65,66)67)58-30-48(31-58)4-1-34(2-5-48)76-22-21-74-18-17-72-15-16-73-19-20-75-28-33-26-59(57-56-33)6-8-69-10-12-71-14-13-70-11-9-68-7-3-39(62)79-43-36(51)23-32(50)24-37(43)52/h23-26,34,38,40-42,46,61,63-64H,1-22,27-31H2,(H2,65,66,67)/t38-,40?,41-,42-,46-/m1/s1. The Balaban J connectivity index is 0.622. The zero-order valence-corrected chi connectivity index (χ0v) is 45.5. The van der Waals surface area contributed by atoms with Gasteiger partial charge in [-0.2, -0.15) is 15.1 Å². The van der Waals surface area contributed by atoms with Gasteiger partial charge >= 0.3 is 13.6 Å². The van der Waals surface area contributed by atoms with Crippen LogP contribution in [-0.2, 0) is 74.6 Å². The van der Waals surface area contributed by atoms with Crippen molar-refractivity contribution in [1.29, 1.82) is 0 Å². The minimum atomic E-state index is -4.79. The second-order valence-corrected chi connectivity index (χ2v) is 21.0. The highest BCUT2D eigenvalue weighted by atomic mass is 35.5. The third-order valence-electron chi connectivity index (χ3n) is 13.1.